The maximum atomic E-state index is 13.6. The summed E-state index contributed by atoms with van der Waals surface area (Å²) < 4.78 is 43.5. The zero-order valence-corrected chi connectivity index (χ0v) is 12.4. The Kier molecular flexibility index (Phi) is 4.40. The summed E-state index contributed by atoms with van der Waals surface area (Å²) in [5.74, 6) is -2.24. The van der Waals surface area contributed by atoms with Crippen molar-refractivity contribution in [2.45, 2.75) is 24.3 Å². The second kappa shape index (κ2) is 5.37. The molecule has 0 saturated carbocycles. The molecule has 1 rings (SSSR count). The second-order valence-electron chi connectivity index (χ2n) is 4.63. The molecular formula is C12H16FNO5S. The monoisotopic (exact) mass is 305 g/mol. The van der Waals surface area contributed by atoms with E-state index in [0.29, 0.717) is 4.31 Å². The molecule has 0 spiro atoms. The molecule has 0 radical (unpaired) electrons. The van der Waals surface area contributed by atoms with Crippen LogP contribution in [0.5, 0.6) is 5.75 Å². The first-order valence-electron chi connectivity index (χ1n) is 5.61. The molecular weight excluding hydrogens is 289 g/mol. The predicted molar refractivity (Wildman–Crippen MR) is 69.6 cm³/mol. The number of likely N-dealkylation sites (N-methyl/N-ethyl adjacent to an activating group) is 1. The van der Waals surface area contributed by atoms with E-state index in [0.717, 1.165) is 19.2 Å². The number of carboxylic acids is 1. The van der Waals surface area contributed by atoms with Crippen molar-refractivity contribution in [3.63, 3.8) is 0 Å². The third-order valence-electron chi connectivity index (χ3n) is 3.09. The van der Waals surface area contributed by atoms with Gasteiger partial charge >= 0.3 is 5.97 Å². The molecule has 0 aliphatic carbocycles. The molecule has 0 bridgehead atoms. The molecule has 20 heavy (non-hydrogen) atoms. The van der Waals surface area contributed by atoms with Gasteiger partial charge in [0.05, 0.1) is 12.0 Å². The van der Waals surface area contributed by atoms with E-state index in [1.807, 2.05) is 0 Å². The second-order valence-corrected chi connectivity index (χ2v) is 6.60. The maximum Gasteiger partial charge on any atom is 0.324 e. The minimum atomic E-state index is -4.13. The number of hydrogen-bond donors (Lipinski definition) is 1. The predicted octanol–water partition coefficient (Wildman–Crippen LogP) is 1.32. The van der Waals surface area contributed by atoms with Crippen LogP contribution in [-0.2, 0) is 14.8 Å². The number of methoxy groups -OCH3 is 1. The number of nitrogens with zero attached hydrogens (tertiary/aromatic N) is 1. The number of carboxylic acid groups (broad SMARTS) is 1. The molecule has 112 valence electrons. The smallest absolute Gasteiger partial charge is 0.324 e. The van der Waals surface area contributed by atoms with E-state index in [4.69, 9.17) is 9.84 Å². The Labute approximate surface area is 116 Å². The van der Waals surface area contributed by atoms with Gasteiger partial charge in [-0.1, -0.05) is 0 Å². The summed E-state index contributed by atoms with van der Waals surface area (Å²) in [5.41, 5.74) is -1.66. The molecule has 0 fully saturated rings. The van der Waals surface area contributed by atoms with Gasteiger partial charge in [-0.3, -0.25) is 4.79 Å². The molecule has 0 aliphatic heterocycles. The van der Waals surface area contributed by atoms with Gasteiger partial charge in [0.25, 0.3) is 0 Å². The van der Waals surface area contributed by atoms with Crippen molar-refractivity contribution in [2.75, 3.05) is 14.2 Å². The van der Waals surface area contributed by atoms with E-state index in [9.17, 15) is 17.6 Å². The number of carbonyl (C=O) groups is 1. The van der Waals surface area contributed by atoms with Crippen LogP contribution < -0.4 is 4.74 Å². The zero-order valence-electron chi connectivity index (χ0n) is 11.5. The van der Waals surface area contributed by atoms with E-state index >= 15 is 0 Å². The van der Waals surface area contributed by atoms with E-state index in [1.165, 1.54) is 27.0 Å². The first-order chi connectivity index (χ1) is 9.05. The number of aliphatic carboxylic acids is 1. The van der Waals surface area contributed by atoms with Crippen molar-refractivity contribution in [1.82, 2.24) is 4.31 Å². The summed E-state index contributed by atoms with van der Waals surface area (Å²) >= 11 is 0. The van der Waals surface area contributed by atoms with Gasteiger partial charge in [-0.05, 0) is 32.0 Å². The van der Waals surface area contributed by atoms with Crippen molar-refractivity contribution in [3.8, 4) is 5.75 Å². The fourth-order valence-corrected chi connectivity index (χ4v) is 2.89. The molecule has 0 atom stereocenters. The highest BCUT2D eigenvalue weighted by Crippen LogP contribution is 2.26. The molecule has 0 saturated heterocycles. The van der Waals surface area contributed by atoms with Crippen molar-refractivity contribution < 1.29 is 27.4 Å². The van der Waals surface area contributed by atoms with Crippen molar-refractivity contribution in [2.24, 2.45) is 0 Å². The van der Waals surface area contributed by atoms with Crippen molar-refractivity contribution >= 4 is 16.0 Å². The van der Waals surface area contributed by atoms with Crippen LogP contribution in [-0.4, -0.2) is 43.5 Å². The Hall–Kier alpha value is -1.67. The van der Waals surface area contributed by atoms with E-state index < -0.39 is 27.3 Å². The van der Waals surface area contributed by atoms with E-state index in [1.54, 1.807) is 0 Å². The molecule has 1 aromatic rings. The fourth-order valence-electron chi connectivity index (χ4n) is 1.40. The quantitative estimate of drug-likeness (QED) is 0.887. The van der Waals surface area contributed by atoms with Gasteiger partial charge in [0.15, 0.2) is 11.6 Å². The normalized spacial score (nSPS) is 12.5. The number of benzene rings is 1. The van der Waals surface area contributed by atoms with Crippen molar-refractivity contribution in [1.29, 1.82) is 0 Å². The molecule has 1 aromatic carbocycles. The highest BCUT2D eigenvalue weighted by Gasteiger charge is 2.40. The van der Waals surface area contributed by atoms with Crippen molar-refractivity contribution in [3.05, 3.63) is 24.0 Å². The average molecular weight is 305 g/mol. The van der Waals surface area contributed by atoms with Gasteiger partial charge in [0.2, 0.25) is 10.0 Å². The summed E-state index contributed by atoms with van der Waals surface area (Å²) in [6.45, 7) is 2.49. The van der Waals surface area contributed by atoms with Crippen LogP contribution in [0, 0.1) is 5.82 Å². The summed E-state index contributed by atoms with van der Waals surface area (Å²) in [5, 5.41) is 9.06. The van der Waals surface area contributed by atoms with Gasteiger partial charge in [-0.15, -0.1) is 0 Å². The van der Waals surface area contributed by atoms with Crippen LogP contribution in [0.4, 0.5) is 4.39 Å². The molecule has 0 unspecified atom stereocenters. The highest BCUT2D eigenvalue weighted by atomic mass is 32.2. The van der Waals surface area contributed by atoms with Crippen LogP contribution in [0.1, 0.15) is 13.8 Å². The largest absolute Gasteiger partial charge is 0.494 e. The molecule has 0 amide bonds. The number of rotatable bonds is 5. The number of ether oxygens (including phenoxy) is 1. The Balaban J connectivity index is 3.30. The van der Waals surface area contributed by atoms with Crippen LogP contribution in [0.2, 0.25) is 0 Å². The summed E-state index contributed by atoms with van der Waals surface area (Å²) in [7, 11) is -1.75. The van der Waals surface area contributed by atoms with Crippen LogP contribution in [0.3, 0.4) is 0 Å². The average Bonchev–Trinajstić information content (AvgIpc) is 2.37. The van der Waals surface area contributed by atoms with E-state index in [-0.39, 0.29) is 10.6 Å². The minimum absolute atomic E-state index is 0.0934. The Morgan fingerprint density at radius 3 is 2.35 bits per heavy atom. The SMILES string of the molecule is COc1ccc(S(=O)(=O)N(C)C(C)(C)C(=O)O)cc1F. The molecule has 0 heterocycles. The Morgan fingerprint density at radius 1 is 1.40 bits per heavy atom. The molecule has 1 N–H and O–H groups in total. The van der Waals surface area contributed by atoms with Crippen LogP contribution >= 0.6 is 0 Å². The standard InChI is InChI=1S/C12H16FNO5S/c1-12(2,11(15)16)14(3)20(17,18)8-5-6-10(19-4)9(13)7-8/h5-7H,1-4H3,(H,15,16). The van der Waals surface area contributed by atoms with Gasteiger partial charge in [-0.2, -0.15) is 4.31 Å². The van der Waals surface area contributed by atoms with Gasteiger partial charge in [-0.25, -0.2) is 12.8 Å². The molecule has 6 nitrogen and oxygen atoms in total. The summed E-state index contributed by atoms with van der Waals surface area (Å²) in [6.07, 6.45) is 0. The Morgan fingerprint density at radius 2 is 1.95 bits per heavy atom. The summed E-state index contributed by atoms with van der Waals surface area (Å²) in [6, 6.07) is 3.12. The van der Waals surface area contributed by atoms with Gasteiger partial charge < -0.3 is 9.84 Å². The number of halogens is 1. The molecule has 8 heteroatoms. The van der Waals surface area contributed by atoms with Crippen LogP contribution in [0.25, 0.3) is 0 Å². The summed E-state index contributed by atoms with van der Waals surface area (Å²) in [4.78, 5) is 10.8. The number of hydrogen-bond acceptors (Lipinski definition) is 4. The third kappa shape index (κ3) is 2.75. The maximum absolute atomic E-state index is 13.6. The van der Waals surface area contributed by atoms with E-state index in [2.05, 4.69) is 0 Å². The lowest BCUT2D eigenvalue weighted by Crippen LogP contribution is -2.50. The lowest BCUT2D eigenvalue weighted by atomic mass is 10.1. The lowest BCUT2D eigenvalue weighted by molar-refractivity contribution is -0.145. The minimum Gasteiger partial charge on any atom is -0.494 e. The topological polar surface area (TPSA) is 83.9 Å². The third-order valence-corrected chi connectivity index (χ3v) is 5.12. The first-order valence-corrected chi connectivity index (χ1v) is 7.05. The fraction of sp³-hybridized carbons (Fsp3) is 0.417. The lowest BCUT2D eigenvalue weighted by Gasteiger charge is -2.30. The van der Waals surface area contributed by atoms with Gasteiger partial charge in [0, 0.05) is 7.05 Å². The Bertz CT molecular complexity index is 627. The first kappa shape index (κ1) is 16.4. The molecule has 0 aromatic heterocycles. The van der Waals surface area contributed by atoms with Gasteiger partial charge in [0.1, 0.15) is 5.54 Å². The zero-order chi connectivity index (χ0) is 15.7. The van der Waals surface area contributed by atoms with Crippen LogP contribution in [0.15, 0.2) is 23.1 Å². The highest BCUT2D eigenvalue weighted by molar-refractivity contribution is 7.89. The number of sulfonamides is 1. The molecule has 0 aliphatic rings.